The average molecular weight is 301 g/mol. The molecule has 0 saturated heterocycles. The van der Waals surface area contributed by atoms with E-state index in [1.165, 1.54) is 24.2 Å². The first-order valence-electron chi connectivity index (χ1n) is 5.79. The van der Waals surface area contributed by atoms with Gasteiger partial charge in [-0.15, -0.1) is 11.8 Å². The number of halogens is 1. The van der Waals surface area contributed by atoms with E-state index in [4.69, 9.17) is 0 Å². The van der Waals surface area contributed by atoms with E-state index in [9.17, 15) is 5.11 Å². The van der Waals surface area contributed by atoms with Gasteiger partial charge in [0.15, 0.2) is 0 Å². The molecule has 0 spiro atoms. The lowest BCUT2D eigenvalue weighted by Gasteiger charge is -2.31. The third-order valence-electron chi connectivity index (χ3n) is 3.09. The predicted molar refractivity (Wildman–Crippen MR) is 72.9 cm³/mol. The molecule has 1 aliphatic carbocycles. The molecule has 0 aromatic heterocycles. The molecule has 0 radical (unpaired) electrons. The molecule has 1 fully saturated rings. The van der Waals surface area contributed by atoms with Crippen LogP contribution in [0.3, 0.4) is 0 Å². The van der Waals surface area contributed by atoms with Crippen LogP contribution in [-0.4, -0.2) is 16.5 Å². The SMILES string of the molecule is OC1(CSc2cccc(Br)c2)CCCCC1. The van der Waals surface area contributed by atoms with Crippen molar-refractivity contribution < 1.29 is 5.11 Å². The Balaban J connectivity index is 1.91. The highest BCUT2D eigenvalue weighted by atomic mass is 79.9. The maximum Gasteiger partial charge on any atom is 0.0741 e. The van der Waals surface area contributed by atoms with Crippen LogP contribution in [0.4, 0.5) is 0 Å². The molecule has 1 aromatic rings. The number of thioether (sulfide) groups is 1. The van der Waals surface area contributed by atoms with Gasteiger partial charge in [0.05, 0.1) is 5.60 Å². The van der Waals surface area contributed by atoms with Gasteiger partial charge in [-0.2, -0.15) is 0 Å². The minimum Gasteiger partial charge on any atom is -0.389 e. The Labute approximate surface area is 110 Å². The molecule has 88 valence electrons. The summed E-state index contributed by atoms with van der Waals surface area (Å²) in [5.41, 5.74) is -0.425. The van der Waals surface area contributed by atoms with Crippen molar-refractivity contribution in [3.8, 4) is 0 Å². The molecule has 0 atom stereocenters. The monoisotopic (exact) mass is 300 g/mol. The zero-order valence-corrected chi connectivity index (χ0v) is 11.7. The predicted octanol–water partition coefficient (Wildman–Crippen LogP) is 4.24. The summed E-state index contributed by atoms with van der Waals surface area (Å²) in [6, 6.07) is 8.27. The van der Waals surface area contributed by atoms with E-state index >= 15 is 0 Å². The van der Waals surface area contributed by atoms with Crippen LogP contribution in [0.1, 0.15) is 32.1 Å². The maximum absolute atomic E-state index is 10.4. The van der Waals surface area contributed by atoms with Gasteiger partial charge < -0.3 is 5.11 Å². The summed E-state index contributed by atoms with van der Waals surface area (Å²) in [7, 11) is 0. The van der Waals surface area contributed by atoms with Gasteiger partial charge in [0.2, 0.25) is 0 Å². The molecule has 0 aliphatic heterocycles. The van der Waals surface area contributed by atoms with E-state index in [1.54, 1.807) is 11.8 Å². The molecule has 0 amide bonds. The molecular weight excluding hydrogens is 284 g/mol. The van der Waals surface area contributed by atoms with Gasteiger partial charge in [-0.1, -0.05) is 41.3 Å². The Kier molecular flexibility index (Phi) is 4.34. The summed E-state index contributed by atoms with van der Waals surface area (Å²) in [6.45, 7) is 0. The summed E-state index contributed by atoms with van der Waals surface area (Å²) in [4.78, 5) is 1.23. The van der Waals surface area contributed by atoms with Gasteiger partial charge >= 0.3 is 0 Å². The van der Waals surface area contributed by atoms with Gasteiger partial charge in [-0.3, -0.25) is 0 Å². The second-order valence-electron chi connectivity index (χ2n) is 4.53. The fourth-order valence-corrected chi connectivity index (χ4v) is 3.79. The second kappa shape index (κ2) is 5.56. The quantitative estimate of drug-likeness (QED) is 0.843. The molecular formula is C13H17BrOS. The lowest BCUT2D eigenvalue weighted by atomic mass is 9.86. The van der Waals surface area contributed by atoms with Crippen LogP contribution in [0.2, 0.25) is 0 Å². The Bertz CT molecular complexity index is 348. The normalized spacial score (nSPS) is 19.6. The van der Waals surface area contributed by atoms with Crippen molar-refractivity contribution >= 4 is 27.7 Å². The third-order valence-corrected chi connectivity index (χ3v) is 4.85. The van der Waals surface area contributed by atoms with Crippen LogP contribution >= 0.6 is 27.7 Å². The van der Waals surface area contributed by atoms with E-state index in [-0.39, 0.29) is 0 Å². The first-order chi connectivity index (χ1) is 7.68. The van der Waals surface area contributed by atoms with E-state index in [0.29, 0.717) is 0 Å². The highest BCUT2D eigenvalue weighted by Gasteiger charge is 2.28. The highest BCUT2D eigenvalue weighted by molar-refractivity contribution is 9.10. The Morgan fingerprint density at radius 1 is 1.25 bits per heavy atom. The summed E-state index contributed by atoms with van der Waals surface area (Å²) >= 11 is 5.23. The van der Waals surface area contributed by atoms with Crippen LogP contribution in [0.15, 0.2) is 33.6 Å². The molecule has 0 unspecified atom stereocenters. The van der Waals surface area contributed by atoms with Gasteiger partial charge in [-0.05, 0) is 31.0 Å². The van der Waals surface area contributed by atoms with Crippen LogP contribution in [0, 0.1) is 0 Å². The molecule has 1 nitrogen and oxygen atoms in total. The Hall–Kier alpha value is 0.01000. The summed E-state index contributed by atoms with van der Waals surface area (Å²) in [5.74, 6) is 0.823. The fourth-order valence-electron chi connectivity index (χ4n) is 2.13. The van der Waals surface area contributed by atoms with Crippen LogP contribution in [0.5, 0.6) is 0 Å². The maximum atomic E-state index is 10.4. The van der Waals surface area contributed by atoms with Gasteiger partial charge in [0.1, 0.15) is 0 Å². The zero-order chi connectivity index (χ0) is 11.4. The van der Waals surface area contributed by atoms with Crippen molar-refractivity contribution in [1.82, 2.24) is 0 Å². The largest absolute Gasteiger partial charge is 0.389 e. The molecule has 1 aliphatic rings. The minimum absolute atomic E-state index is 0.425. The summed E-state index contributed by atoms with van der Waals surface area (Å²) in [6.07, 6.45) is 5.57. The lowest BCUT2D eigenvalue weighted by Crippen LogP contribution is -2.33. The molecule has 0 bridgehead atoms. The molecule has 1 aromatic carbocycles. The topological polar surface area (TPSA) is 20.2 Å². The molecule has 1 saturated carbocycles. The van der Waals surface area contributed by atoms with Gasteiger partial charge in [0.25, 0.3) is 0 Å². The Morgan fingerprint density at radius 2 is 2.00 bits per heavy atom. The zero-order valence-electron chi connectivity index (χ0n) is 9.29. The van der Waals surface area contributed by atoms with Crippen molar-refractivity contribution in [2.45, 2.75) is 42.6 Å². The van der Waals surface area contributed by atoms with E-state index in [2.05, 4.69) is 28.1 Å². The highest BCUT2D eigenvalue weighted by Crippen LogP contribution is 2.33. The number of hydrogen-bond donors (Lipinski definition) is 1. The standard InChI is InChI=1S/C13H17BrOS/c14-11-5-4-6-12(9-11)16-10-13(15)7-2-1-3-8-13/h4-6,9,15H,1-3,7-8,10H2. The smallest absolute Gasteiger partial charge is 0.0741 e. The fraction of sp³-hybridized carbons (Fsp3) is 0.538. The van der Waals surface area contributed by atoms with Crippen molar-refractivity contribution in [3.63, 3.8) is 0 Å². The second-order valence-corrected chi connectivity index (χ2v) is 6.50. The van der Waals surface area contributed by atoms with E-state index < -0.39 is 5.60 Å². The lowest BCUT2D eigenvalue weighted by molar-refractivity contribution is 0.0273. The number of benzene rings is 1. The number of aliphatic hydroxyl groups is 1. The molecule has 1 N–H and O–H groups in total. The Morgan fingerprint density at radius 3 is 2.69 bits per heavy atom. The van der Waals surface area contributed by atoms with Crippen LogP contribution in [-0.2, 0) is 0 Å². The minimum atomic E-state index is -0.425. The van der Waals surface area contributed by atoms with Gasteiger partial charge in [0, 0.05) is 15.1 Å². The number of hydrogen-bond acceptors (Lipinski definition) is 2. The third kappa shape index (κ3) is 3.51. The summed E-state index contributed by atoms with van der Waals surface area (Å²) < 4.78 is 1.10. The van der Waals surface area contributed by atoms with Crippen LogP contribution in [0.25, 0.3) is 0 Å². The van der Waals surface area contributed by atoms with Gasteiger partial charge in [-0.25, -0.2) is 0 Å². The van der Waals surface area contributed by atoms with E-state index in [0.717, 1.165) is 23.1 Å². The molecule has 2 rings (SSSR count). The average Bonchev–Trinajstić information content (AvgIpc) is 2.28. The van der Waals surface area contributed by atoms with Crippen molar-refractivity contribution in [2.24, 2.45) is 0 Å². The van der Waals surface area contributed by atoms with Crippen molar-refractivity contribution in [1.29, 1.82) is 0 Å². The van der Waals surface area contributed by atoms with Crippen molar-refractivity contribution in [2.75, 3.05) is 5.75 Å². The first-order valence-corrected chi connectivity index (χ1v) is 7.57. The van der Waals surface area contributed by atoms with E-state index in [1.807, 2.05) is 12.1 Å². The molecule has 16 heavy (non-hydrogen) atoms. The first kappa shape index (κ1) is 12.5. The number of rotatable bonds is 3. The molecule has 3 heteroatoms. The van der Waals surface area contributed by atoms with Crippen molar-refractivity contribution in [3.05, 3.63) is 28.7 Å². The van der Waals surface area contributed by atoms with Crippen LogP contribution < -0.4 is 0 Å². The molecule has 0 heterocycles. The summed E-state index contributed by atoms with van der Waals surface area (Å²) in [5, 5.41) is 10.4.